The van der Waals surface area contributed by atoms with E-state index in [2.05, 4.69) is 11.9 Å². The normalized spacial score (nSPS) is 14.6. The summed E-state index contributed by atoms with van der Waals surface area (Å²) in [6.45, 7) is 4.63. The molecule has 128 valence electrons. The molecule has 1 aromatic heterocycles. The maximum Gasteiger partial charge on any atom is 0.270 e. The van der Waals surface area contributed by atoms with Crippen LogP contribution in [0.3, 0.4) is 0 Å². The first-order valence-electron chi connectivity index (χ1n) is 8.99. The fraction of sp³-hybridized carbons (Fsp3) is 0.450. The van der Waals surface area contributed by atoms with Crippen molar-refractivity contribution in [3.05, 3.63) is 42.2 Å². The molecule has 0 aliphatic carbocycles. The molecule has 1 fully saturated rings. The second kappa shape index (κ2) is 8.04. The number of nitrogens with one attached hydrogen (secondary N) is 1. The molecule has 0 unspecified atom stereocenters. The largest absolute Gasteiger partial charge is 0.494 e. The number of aromatic amines is 1. The third-order valence-corrected chi connectivity index (χ3v) is 4.49. The Morgan fingerprint density at radius 2 is 2.00 bits per heavy atom. The van der Waals surface area contributed by atoms with Gasteiger partial charge in [0.1, 0.15) is 11.4 Å². The molecule has 1 aliphatic rings. The molecule has 1 N–H and O–H groups in total. The zero-order valence-corrected chi connectivity index (χ0v) is 14.4. The van der Waals surface area contributed by atoms with Gasteiger partial charge in [0.2, 0.25) is 0 Å². The van der Waals surface area contributed by atoms with Crippen molar-refractivity contribution >= 4 is 5.91 Å². The van der Waals surface area contributed by atoms with Crippen molar-refractivity contribution < 1.29 is 9.53 Å². The van der Waals surface area contributed by atoms with Gasteiger partial charge in [-0.15, -0.1) is 0 Å². The fourth-order valence-corrected chi connectivity index (χ4v) is 3.05. The number of benzene rings is 1. The van der Waals surface area contributed by atoms with E-state index in [9.17, 15) is 4.79 Å². The van der Waals surface area contributed by atoms with Crippen LogP contribution in [0.2, 0.25) is 0 Å². The second-order valence-electron chi connectivity index (χ2n) is 6.38. The monoisotopic (exact) mass is 326 g/mol. The van der Waals surface area contributed by atoms with Crippen molar-refractivity contribution in [2.24, 2.45) is 0 Å². The summed E-state index contributed by atoms with van der Waals surface area (Å²) in [7, 11) is 0. The number of likely N-dealkylation sites (tertiary alicyclic amines) is 1. The molecular weight excluding hydrogens is 300 g/mol. The molecular formula is C20H26N2O2. The van der Waals surface area contributed by atoms with Crippen LogP contribution in [0.1, 0.15) is 49.5 Å². The first-order chi connectivity index (χ1) is 11.8. The number of nitrogens with zero attached hydrogens (tertiary/aromatic N) is 1. The lowest BCUT2D eigenvalue weighted by Crippen LogP contribution is -2.35. The summed E-state index contributed by atoms with van der Waals surface area (Å²) in [5.74, 6) is 0.988. The molecule has 4 nitrogen and oxygen atoms in total. The van der Waals surface area contributed by atoms with Crippen LogP contribution < -0.4 is 4.74 Å². The number of hydrogen-bond acceptors (Lipinski definition) is 2. The van der Waals surface area contributed by atoms with Crippen molar-refractivity contribution in [2.45, 2.75) is 39.0 Å². The predicted octanol–water partition coefficient (Wildman–Crippen LogP) is 4.49. The highest BCUT2D eigenvalue weighted by Crippen LogP contribution is 2.25. The average Bonchev–Trinajstić information content (AvgIpc) is 3.12. The smallest absolute Gasteiger partial charge is 0.270 e. The second-order valence-corrected chi connectivity index (χ2v) is 6.38. The van der Waals surface area contributed by atoms with E-state index >= 15 is 0 Å². The summed E-state index contributed by atoms with van der Waals surface area (Å²) in [6, 6.07) is 10.0. The van der Waals surface area contributed by atoms with E-state index in [4.69, 9.17) is 4.74 Å². The van der Waals surface area contributed by atoms with Crippen LogP contribution in [0.25, 0.3) is 11.1 Å². The lowest BCUT2D eigenvalue weighted by atomic mass is 10.1. The van der Waals surface area contributed by atoms with Gasteiger partial charge in [-0.05, 0) is 49.4 Å². The number of ether oxygens (including phenoxy) is 1. The lowest BCUT2D eigenvalue weighted by molar-refractivity contribution is 0.0719. The minimum Gasteiger partial charge on any atom is -0.494 e. The summed E-state index contributed by atoms with van der Waals surface area (Å²) in [5, 5.41) is 0. The highest BCUT2D eigenvalue weighted by Gasteiger charge is 2.19. The molecule has 1 saturated heterocycles. The van der Waals surface area contributed by atoms with Gasteiger partial charge in [0.25, 0.3) is 5.91 Å². The van der Waals surface area contributed by atoms with Gasteiger partial charge < -0.3 is 14.6 Å². The van der Waals surface area contributed by atoms with E-state index in [0.717, 1.165) is 62.3 Å². The molecule has 0 spiro atoms. The number of carbonyl (C=O) groups is 1. The SMILES string of the molecule is CCCCOc1cccc(-c2c[nH]c(C(=O)N3CCCCC3)c2)c1. The van der Waals surface area contributed by atoms with Gasteiger partial charge in [0.05, 0.1) is 6.61 Å². The van der Waals surface area contributed by atoms with Crippen molar-refractivity contribution in [1.29, 1.82) is 0 Å². The Morgan fingerprint density at radius 3 is 2.79 bits per heavy atom. The highest BCUT2D eigenvalue weighted by molar-refractivity contribution is 5.94. The van der Waals surface area contributed by atoms with Crippen LogP contribution in [-0.4, -0.2) is 35.5 Å². The lowest BCUT2D eigenvalue weighted by Gasteiger charge is -2.26. The van der Waals surface area contributed by atoms with Crippen LogP contribution >= 0.6 is 0 Å². The van der Waals surface area contributed by atoms with E-state index in [0.29, 0.717) is 5.69 Å². The van der Waals surface area contributed by atoms with E-state index < -0.39 is 0 Å². The van der Waals surface area contributed by atoms with Gasteiger partial charge in [-0.1, -0.05) is 25.5 Å². The number of hydrogen-bond donors (Lipinski definition) is 1. The molecule has 2 heterocycles. The van der Waals surface area contributed by atoms with Gasteiger partial charge in [-0.2, -0.15) is 0 Å². The summed E-state index contributed by atoms with van der Waals surface area (Å²) in [4.78, 5) is 17.6. The van der Waals surface area contributed by atoms with Gasteiger partial charge in [-0.25, -0.2) is 0 Å². The third kappa shape index (κ3) is 3.99. The molecule has 0 bridgehead atoms. The minimum atomic E-state index is 0.108. The van der Waals surface area contributed by atoms with Crippen molar-refractivity contribution in [1.82, 2.24) is 9.88 Å². The Balaban J connectivity index is 1.70. The van der Waals surface area contributed by atoms with Gasteiger partial charge in [-0.3, -0.25) is 4.79 Å². The minimum absolute atomic E-state index is 0.108. The zero-order chi connectivity index (χ0) is 16.8. The highest BCUT2D eigenvalue weighted by atomic mass is 16.5. The van der Waals surface area contributed by atoms with E-state index in [-0.39, 0.29) is 5.91 Å². The van der Waals surface area contributed by atoms with Crippen molar-refractivity contribution in [2.75, 3.05) is 19.7 Å². The zero-order valence-electron chi connectivity index (χ0n) is 14.4. The number of carbonyl (C=O) groups excluding carboxylic acids is 1. The molecule has 0 radical (unpaired) electrons. The average molecular weight is 326 g/mol. The summed E-state index contributed by atoms with van der Waals surface area (Å²) in [5.41, 5.74) is 2.76. The van der Waals surface area contributed by atoms with E-state index in [1.54, 1.807) is 0 Å². The predicted molar refractivity (Wildman–Crippen MR) is 96.4 cm³/mol. The number of unbranched alkanes of at least 4 members (excludes halogenated alkanes) is 1. The Morgan fingerprint density at radius 1 is 1.17 bits per heavy atom. The maximum atomic E-state index is 12.6. The van der Waals surface area contributed by atoms with E-state index in [1.807, 2.05) is 41.4 Å². The molecule has 0 atom stereocenters. The van der Waals surface area contributed by atoms with Gasteiger partial charge >= 0.3 is 0 Å². The maximum absolute atomic E-state index is 12.6. The fourth-order valence-electron chi connectivity index (χ4n) is 3.05. The van der Waals surface area contributed by atoms with Crippen LogP contribution in [0.15, 0.2) is 36.5 Å². The number of amides is 1. The summed E-state index contributed by atoms with van der Waals surface area (Å²) in [6.07, 6.45) is 7.53. The first-order valence-corrected chi connectivity index (χ1v) is 8.99. The number of aromatic nitrogens is 1. The molecule has 1 aliphatic heterocycles. The van der Waals surface area contributed by atoms with Crippen LogP contribution in [0, 0.1) is 0 Å². The standard InChI is InChI=1S/C20H26N2O2/c1-2-3-12-24-18-9-7-8-16(13-18)17-14-19(21-15-17)20(23)22-10-5-4-6-11-22/h7-9,13-15,21H,2-6,10-12H2,1H3. The molecule has 0 saturated carbocycles. The summed E-state index contributed by atoms with van der Waals surface area (Å²) < 4.78 is 5.77. The van der Waals surface area contributed by atoms with Crippen LogP contribution in [-0.2, 0) is 0 Å². The van der Waals surface area contributed by atoms with E-state index in [1.165, 1.54) is 6.42 Å². The van der Waals surface area contributed by atoms with Crippen LogP contribution in [0.4, 0.5) is 0 Å². The Hall–Kier alpha value is -2.23. The molecule has 4 heteroatoms. The summed E-state index contributed by atoms with van der Waals surface area (Å²) >= 11 is 0. The quantitative estimate of drug-likeness (QED) is 0.795. The Bertz CT molecular complexity index is 672. The van der Waals surface area contributed by atoms with Crippen molar-refractivity contribution in [3.63, 3.8) is 0 Å². The topological polar surface area (TPSA) is 45.3 Å². The molecule has 2 aromatic rings. The van der Waals surface area contributed by atoms with Crippen LogP contribution in [0.5, 0.6) is 5.75 Å². The molecule has 1 amide bonds. The van der Waals surface area contributed by atoms with Gasteiger partial charge in [0.15, 0.2) is 0 Å². The molecule has 1 aromatic carbocycles. The number of rotatable bonds is 6. The van der Waals surface area contributed by atoms with Crippen molar-refractivity contribution in [3.8, 4) is 16.9 Å². The Kier molecular flexibility index (Phi) is 5.57. The third-order valence-electron chi connectivity index (χ3n) is 4.49. The number of piperidine rings is 1. The first kappa shape index (κ1) is 16.6. The molecule has 3 rings (SSSR count). The number of H-pyrrole nitrogens is 1. The Labute approximate surface area is 143 Å². The van der Waals surface area contributed by atoms with Gasteiger partial charge in [0, 0.05) is 24.8 Å². The molecule has 24 heavy (non-hydrogen) atoms.